The fourth-order valence-electron chi connectivity index (χ4n) is 3.32. The van der Waals surface area contributed by atoms with Crippen LogP contribution >= 0.6 is 0 Å². The van der Waals surface area contributed by atoms with E-state index in [4.69, 9.17) is 9.47 Å². The van der Waals surface area contributed by atoms with Crippen LogP contribution in [0.3, 0.4) is 0 Å². The Bertz CT molecular complexity index is 949. The van der Waals surface area contributed by atoms with E-state index < -0.39 is 11.7 Å². The lowest BCUT2D eigenvalue weighted by molar-refractivity contribution is 0.0487. The Hall–Kier alpha value is -3.27. The normalized spacial score (nSPS) is 12.1. The van der Waals surface area contributed by atoms with Crippen molar-refractivity contribution in [1.29, 1.82) is 0 Å². The van der Waals surface area contributed by atoms with Crippen LogP contribution in [0.5, 0.6) is 5.75 Å². The van der Waals surface area contributed by atoms with Gasteiger partial charge in [-0.15, -0.1) is 0 Å². The molecule has 0 bridgehead atoms. The van der Waals surface area contributed by atoms with Gasteiger partial charge < -0.3 is 14.8 Å². The highest BCUT2D eigenvalue weighted by Crippen LogP contribution is 2.22. The molecule has 0 saturated carbocycles. The second-order valence-corrected chi connectivity index (χ2v) is 8.61. The first-order chi connectivity index (χ1) is 14.9. The molecule has 0 fully saturated rings. The summed E-state index contributed by atoms with van der Waals surface area (Å²) in [5.41, 5.74) is 2.92. The Balaban J connectivity index is 1.70. The molecule has 0 aliphatic carbocycles. The third-order valence-electron chi connectivity index (χ3n) is 4.70. The average Bonchev–Trinajstić information content (AvgIpc) is 2.73. The molecule has 0 saturated heterocycles. The molecular weight excluding hydrogens is 386 g/mol. The molecule has 0 heterocycles. The van der Waals surface area contributed by atoms with Crippen molar-refractivity contribution >= 4 is 6.09 Å². The Labute approximate surface area is 185 Å². The van der Waals surface area contributed by atoms with Gasteiger partial charge in [0.2, 0.25) is 0 Å². The van der Waals surface area contributed by atoms with E-state index in [2.05, 4.69) is 23.5 Å². The number of hydrogen-bond acceptors (Lipinski definition) is 3. The topological polar surface area (TPSA) is 47.6 Å². The zero-order valence-corrected chi connectivity index (χ0v) is 18.5. The van der Waals surface area contributed by atoms with Crippen molar-refractivity contribution < 1.29 is 14.3 Å². The maximum Gasteiger partial charge on any atom is 0.408 e. The zero-order chi connectivity index (χ0) is 22.1. The number of ether oxygens (including phenoxy) is 2. The van der Waals surface area contributed by atoms with Gasteiger partial charge in [-0.05, 0) is 49.9 Å². The second kappa shape index (κ2) is 10.7. The molecule has 0 aliphatic rings. The molecule has 31 heavy (non-hydrogen) atoms. The van der Waals surface area contributed by atoms with E-state index in [0.717, 1.165) is 23.3 Å². The number of benzene rings is 3. The molecule has 4 nitrogen and oxygen atoms in total. The van der Waals surface area contributed by atoms with Crippen LogP contribution in [0.4, 0.5) is 4.79 Å². The Morgan fingerprint density at radius 1 is 0.839 bits per heavy atom. The van der Waals surface area contributed by atoms with Gasteiger partial charge in [-0.3, -0.25) is 0 Å². The summed E-state index contributed by atoms with van der Waals surface area (Å²) in [7, 11) is 0. The largest absolute Gasteiger partial charge is 0.491 e. The molecule has 162 valence electrons. The van der Waals surface area contributed by atoms with Crippen molar-refractivity contribution in [2.45, 2.75) is 45.3 Å². The van der Waals surface area contributed by atoms with E-state index in [1.54, 1.807) is 0 Å². The van der Waals surface area contributed by atoms with Gasteiger partial charge in [0.25, 0.3) is 0 Å². The summed E-state index contributed by atoms with van der Waals surface area (Å²) in [5, 5.41) is 2.98. The number of para-hydroxylation sites is 1. The van der Waals surface area contributed by atoms with E-state index in [1.807, 2.05) is 87.5 Å². The van der Waals surface area contributed by atoms with Crippen molar-refractivity contribution in [3.63, 3.8) is 0 Å². The van der Waals surface area contributed by atoms with Crippen LogP contribution in [-0.2, 0) is 17.6 Å². The molecule has 1 atom stereocenters. The van der Waals surface area contributed by atoms with Crippen LogP contribution in [0.2, 0.25) is 0 Å². The third kappa shape index (κ3) is 7.82. The van der Waals surface area contributed by atoms with Gasteiger partial charge >= 0.3 is 6.09 Å². The van der Waals surface area contributed by atoms with Crippen molar-refractivity contribution in [2.24, 2.45) is 0 Å². The summed E-state index contributed by atoms with van der Waals surface area (Å²) in [6.45, 7) is 5.92. The molecule has 1 amide bonds. The highest BCUT2D eigenvalue weighted by molar-refractivity contribution is 5.68. The maximum atomic E-state index is 12.4. The lowest BCUT2D eigenvalue weighted by Crippen LogP contribution is -2.43. The van der Waals surface area contributed by atoms with E-state index in [1.165, 1.54) is 5.56 Å². The summed E-state index contributed by atoms with van der Waals surface area (Å²) >= 11 is 0. The number of carbonyl (C=O) groups is 1. The quantitative estimate of drug-likeness (QED) is 0.504. The lowest BCUT2D eigenvalue weighted by Gasteiger charge is -2.24. The lowest BCUT2D eigenvalue weighted by atomic mass is 10.0. The minimum Gasteiger partial charge on any atom is -0.491 e. The van der Waals surface area contributed by atoms with Crippen LogP contribution in [-0.4, -0.2) is 24.3 Å². The highest BCUT2D eigenvalue weighted by Gasteiger charge is 2.20. The van der Waals surface area contributed by atoms with Gasteiger partial charge in [0, 0.05) is 6.42 Å². The van der Waals surface area contributed by atoms with Crippen LogP contribution < -0.4 is 10.1 Å². The number of nitrogens with one attached hydrogen (secondary N) is 1. The van der Waals surface area contributed by atoms with Crippen molar-refractivity contribution in [2.75, 3.05) is 6.61 Å². The minimum atomic E-state index is -0.551. The van der Waals surface area contributed by atoms with E-state index in [9.17, 15) is 4.79 Å². The molecule has 0 aliphatic heterocycles. The van der Waals surface area contributed by atoms with Gasteiger partial charge in [-0.1, -0.05) is 78.9 Å². The first-order valence-electron chi connectivity index (χ1n) is 10.7. The van der Waals surface area contributed by atoms with Crippen molar-refractivity contribution in [3.05, 3.63) is 102 Å². The van der Waals surface area contributed by atoms with Gasteiger partial charge in [0.15, 0.2) is 0 Å². The number of carbonyl (C=O) groups excluding carboxylic acids is 1. The predicted molar refractivity (Wildman–Crippen MR) is 124 cm³/mol. The van der Waals surface area contributed by atoms with Crippen molar-refractivity contribution in [1.82, 2.24) is 5.32 Å². The average molecular weight is 418 g/mol. The first kappa shape index (κ1) is 22.4. The third-order valence-corrected chi connectivity index (χ3v) is 4.70. The summed E-state index contributed by atoms with van der Waals surface area (Å²) in [5.74, 6) is 0.829. The predicted octanol–water partition coefficient (Wildman–Crippen LogP) is 5.79. The van der Waals surface area contributed by atoms with Gasteiger partial charge in [-0.2, -0.15) is 0 Å². The van der Waals surface area contributed by atoms with Crippen LogP contribution in [0.25, 0.3) is 0 Å². The van der Waals surface area contributed by atoms with Crippen LogP contribution in [0.1, 0.15) is 37.5 Å². The monoisotopic (exact) mass is 417 g/mol. The number of amides is 1. The molecule has 0 unspecified atom stereocenters. The molecule has 3 aromatic rings. The summed E-state index contributed by atoms with van der Waals surface area (Å²) in [6, 6.07) is 28.2. The zero-order valence-electron chi connectivity index (χ0n) is 18.5. The minimum absolute atomic E-state index is 0.220. The maximum absolute atomic E-state index is 12.4. The van der Waals surface area contributed by atoms with Gasteiger partial charge in [0.1, 0.15) is 18.0 Å². The Morgan fingerprint density at radius 2 is 1.42 bits per heavy atom. The van der Waals surface area contributed by atoms with Gasteiger partial charge in [0.05, 0.1) is 6.04 Å². The van der Waals surface area contributed by atoms with E-state index in [0.29, 0.717) is 13.0 Å². The Morgan fingerprint density at radius 3 is 2.06 bits per heavy atom. The fraction of sp³-hybridized carbons (Fsp3) is 0.296. The van der Waals surface area contributed by atoms with E-state index >= 15 is 0 Å². The number of hydrogen-bond donors (Lipinski definition) is 1. The molecular formula is C27H31NO3. The summed E-state index contributed by atoms with van der Waals surface area (Å²) in [6.07, 6.45) is 1.01. The number of rotatable bonds is 8. The Kier molecular flexibility index (Phi) is 7.71. The molecule has 3 rings (SSSR count). The molecule has 0 aromatic heterocycles. The molecule has 4 heteroatoms. The highest BCUT2D eigenvalue weighted by atomic mass is 16.6. The standard InChI is InChI=1S/C27H31NO3/c1-27(2,3)31-26(29)28-24(19-22-14-8-5-9-15-22)20-30-25-17-11-10-16-23(25)18-21-12-6-4-7-13-21/h4-17,24H,18-20H2,1-3H3,(H,28,29)/t24-/m1/s1. The first-order valence-corrected chi connectivity index (χ1v) is 10.7. The SMILES string of the molecule is CC(C)(C)OC(=O)N[C@@H](COc1ccccc1Cc1ccccc1)Cc1ccccc1. The van der Waals surface area contributed by atoms with Crippen LogP contribution in [0.15, 0.2) is 84.9 Å². The van der Waals surface area contributed by atoms with Gasteiger partial charge in [-0.25, -0.2) is 4.79 Å². The molecule has 1 N–H and O–H groups in total. The van der Waals surface area contributed by atoms with Crippen LogP contribution in [0, 0.1) is 0 Å². The smallest absolute Gasteiger partial charge is 0.408 e. The summed E-state index contributed by atoms with van der Waals surface area (Å²) < 4.78 is 11.7. The summed E-state index contributed by atoms with van der Waals surface area (Å²) in [4.78, 5) is 12.4. The van der Waals surface area contributed by atoms with Crippen molar-refractivity contribution in [3.8, 4) is 5.75 Å². The fourth-order valence-corrected chi connectivity index (χ4v) is 3.32. The molecule has 0 radical (unpaired) electrons. The molecule has 3 aromatic carbocycles. The van der Waals surface area contributed by atoms with E-state index in [-0.39, 0.29) is 6.04 Å². The number of alkyl carbamates (subject to hydrolysis) is 1. The second-order valence-electron chi connectivity index (χ2n) is 8.61. The molecule has 0 spiro atoms.